The Morgan fingerprint density at radius 3 is 2.30 bits per heavy atom. The summed E-state index contributed by atoms with van der Waals surface area (Å²) >= 11 is 1.41. The normalized spacial score (nSPS) is 14.7. The second kappa shape index (κ2) is 6.99. The fourth-order valence-corrected chi connectivity index (χ4v) is 2.26. The highest BCUT2D eigenvalue weighted by atomic mass is 32.2. The molecule has 0 saturated heterocycles. The van der Waals surface area contributed by atoms with E-state index in [4.69, 9.17) is 5.11 Å². The average molecular weight is 307 g/mol. The Morgan fingerprint density at radius 2 is 1.90 bits per heavy atom. The number of nitrogens with one attached hydrogen (secondary N) is 1. The van der Waals surface area contributed by atoms with Crippen LogP contribution in [0.15, 0.2) is 24.3 Å². The molecule has 0 aromatic heterocycles. The van der Waals surface area contributed by atoms with E-state index in [0.717, 1.165) is 24.3 Å². The van der Waals surface area contributed by atoms with Gasteiger partial charge in [0.2, 0.25) is 0 Å². The number of thioether (sulfide) groups is 1. The molecule has 2 N–H and O–H groups in total. The van der Waals surface area contributed by atoms with Crippen LogP contribution in [0.4, 0.5) is 13.2 Å². The fraction of sp³-hybridized carbons (Fsp3) is 0.462. The lowest BCUT2D eigenvalue weighted by atomic mass is 10.1. The lowest BCUT2D eigenvalue weighted by Crippen LogP contribution is -2.41. The Kier molecular flexibility index (Phi) is 5.88. The first-order chi connectivity index (χ1) is 9.29. The van der Waals surface area contributed by atoms with Gasteiger partial charge in [0.15, 0.2) is 0 Å². The summed E-state index contributed by atoms with van der Waals surface area (Å²) in [5.41, 5.74) is -0.637. The summed E-state index contributed by atoms with van der Waals surface area (Å²) in [7, 11) is 0. The molecule has 7 heteroatoms. The standard InChI is InChI=1S/C13H16F3NO2S/c1-8(11(7-18)20-2)17-12(19)9-3-5-10(6-4-9)13(14,15)16/h3-6,8,11,18H,7H2,1-2H3,(H,17,19). The van der Waals surface area contributed by atoms with E-state index in [1.54, 1.807) is 6.92 Å². The van der Waals surface area contributed by atoms with Crippen LogP contribution in [0, 0.1) is 0 Å². The van der Waals surface area contributed by atoms with Gasteiger partial charge in [-0.1, -0.05) is 0 Å². The summed E-state index contributed by atoms with van der Waals surface area (Å²) in [6.07, 6.45) is -2.61. The van der Waals surface area contributed by atoms with E-state index in [-0.39, 0.29) is 23.5 Å². The lowest BCUT2D eigenvalue weighted by Gasteiger charge is -2.21. The molecule has 1 rings (SSSR count). The fourth-order valence-electron chi connectivity index (χ4n) is 1.63. The summed E-state index contributed by atoms with van der Waals surface area (Å²) in [6.45, 7) is 1.65. The zero-order valence-corrected chi connectivity index (χ0v) is 11.9. The van der Waals surface area contributed by atoms with Crippen molar-refractivity contribution >= 4 is 17.7 Å². The summed E-state index contributed by atoms with van der Waals surface area (Å²) in [4.78, 5) is 11.9. The van der Waals surface area contributed by atoms with Gasteiger partial charge in [-0.05, 0) is 37.4 Å². The van der Waals surface area contributed by atoms with Gasteiger partial charge in [-0.25, -0.2) is 0 Å². The van der Waals surface area contributed by atoms with Crippen molar-refractivity contribution in [1.29, 1.82) is 0 Å². The first-order valence-corrected chi connectivity index (χ1v) is 7.20. The summed E-state index contributed by atoms with van der Waals surface area (Å²) in [6, 6.07) is 3.73. The van der Waals surface area contributed by atoms with Crippen LogP contribution >= 0.6 is 11.8 Å². The Balaban J connectivity index is 2.73. The zero-order valence-electron chi connectivity index (χ0n) is 11.1. The summed E-state index contributed by atoms with van der Waals surface area (Å²) < 4.78 is 37.2. The molecule has 0 spiro atoms. The minimum absolute atomic E-state index is 0.0877. The molecule has 112 valence electrons. The minimum atomic E-state index is -4.41. The van der Waals surface area contributed by atoms with Crippen LogP contribution in [0.3, 0.4) is 0 Å². The average Bonchev–Trinajstić information content (AvgIpc) is 2.39. The van der Waals surface area contributed by atoms with Gasteiger partial charge >= 0.3 is 6.18 Å². The molecule has 2 unspecified atom stereocenters. The predicted octanol–water partition coefficient (Wildman–Crippen LogP) is 2.55. The molecule has 0 saturated carbocycles. The van der Waals surface area contributed by atoms with Crippen LogP contribution in [0.2, 0.25) is 0 Å². The first kappa shape index (κ1) is 16.8. The third kappa shape index (κ3) is 4.42. The molecule has 0 radical (unpaired) electrons. The maximum absolute atomic E-state index is 12.4. The highest BCUT2D eigenvalue weighted by Crippen LogP contribution is 2.29. The van der Waals surface area contributed by atoms with Crippen LogP contribution in [0.1, 0.15) is 22.8 Å². The number of aliphatic hydroxyl groups excluding tert-OH is 1. The van der Waals surface area contributed by atoms with Crippen molar-refractivity contribution in [1.82, 2.24) is 5.32 Å². The quantitative estimate of drug-likeness (QED) is 0.879. The molecule has 0 aliphatic carbocycles. The van der Waals surface area contributed by atoms with E-state index in [1.165, 1.54) is 11.8 Å². The Morgan fingerprint density at radius 1 is 1.35 bits per heavy atom. The van der Waals surface area contributed by atoms with Gasteiger partial charge in [-0.15, -0.1) is 0 Å². The van der Waals surface area contributed by atoms with E-state index >= 15 is 0 Å². The van der Waals surface area contributed by atoms with Crippen molar-refractivity contribution in [3.63, 3.8) is 0 Å². The maximum atomic E-state index is 12.4. The lowest BCUT2D eigenvalue weighted by molar-refractivity contribution is -0.137. The number of benzene rings is 1. The third-order valence-electron chi connectivity index (χ3n) is 2.87. The van der Waals surface area contributed by atoms with Crippen LogP contribution in [0.25, 0.3) is 0 Å². The van der Waals surface area contributed by atoms with E-state index < -0.39 is 17.6 Å². The van der Waals surface area contributed by atoms with Gasteiger partial charge < -0.3 is 10.4 Å². The van der Waals surface area contributed by atoms with Crippen LogP contribution < -0.4 is 5.32 Å². The molecule has 2 atom stereocenters. The number of rotatable bonds is 5. The molecular formula is C13H16F3NO2S. The SMILES string of the molecule is CSC(CO)C(C)NC(=O)c1ccc(C(F)(F)F)cc1. The highest BCUT2D eigenvalue weighted by molar-refractivity contribution is 7.99. The van der Waals surface area contributed by atoms with Crippen LogP contribution in [-0.4, -0.2) is 35.2 Å². The highest BCUT2D eigenvalue weighted by Gasteiger charge is 2.30. The monoisotopic (exact) mass is 307 g/mol. The summed E-state index contributed by atoms with van der Waals surface area (Å²) in [5.74, 6) is -0.460. The molecule has 0 fully saturated rings. The van der Waals surface area contributed by atoms with Crippen molar-refractivity contribution < 1.29 is 23.1 Å². The predicted molar refractivity (Wildman–Crippen MR) is 72.8 cm³/mol. The Labute approximate surface area is 119 Å². The number of amides is 1. The second-order valence-electron chi connectivity index (χ2n) is 4.29. The Hall–Kier alpha value is -1.21. The minimum Gasteiger partial charge on any atom is -0.395 e. The molecule has 0 heterocycles. The van der Waals surface area contributed by atoms with Gasteiger partial charge in [-0.2, -0.15) is 24.9 Å². The maximum Gasteiger partial charge on any atom is 0.416 e. The van der Waals surface area contributed by atoms with Crippen molar-refractivity contribution in [3.05, 3.63) is 35.4 Å². The molecule has 3 nitrogen and oxygen atoms in total. The molecule has 1 aromatic carbocycles. The molecule has 0 aliphatic heterocycles. The van der Waals surface area contributed by atoms with Crippen LogP contribution in [-0.2, 0) is 6.18 Å². The van der Waals surface area contributed by atoms with E-state index in [1.807, 2.05) is 6.26 Å². The Bertz CT molecular complexity index is 444. The van der Waals surface area contributed by atoms with Crippen LogP contribution in [0.5, 0.6) is 0 Å². The molecular weight excluding hydrogens is 291 g/mol. The zero-order chi connectivity index (χ0) is 15.3. The summed E-state index contributed by atoms with van der Waals surface area (Å²) in [5, 5.41) is 11.6. The number of carbonyl (C=O) groups is 1. The van der Waals surface area contributed by atoms with Gasteiger partial charge in [0.05, 0.1) is 12.2 Å². The largest absolute Gasteiger partial charge is 0.416 e. The van der Waals surface area contributed by atoms with E-state index in [9.17, 15) is 18.0 Å². The van der Waals surface area contributed by atoms with Crippen molar-refractivity contribution in [2.75, 3.05) is 12.9 Å². The number of halogens is 3. The molecule has 0 aliphatic rings. The number of hydrogen-bond acceptors (Lipinski definition) is 3. The molecule has 1 aromatic rings. The van der Waals surface area contributed by atoms with Gasteiger partial charge in [0, 0.05) is 16.9 Å². The smallest absolute Gasteiger partial charge is 0.395 e. The molecule has 0 bridgehead atoms. The number of alkyl halides is 3. The van der Waals surface area contributed by atoms with Crippen molar-refractivity contribution in [3.8, 4) is 0 Å². The first-order valence-electron chi connectivity index (χ1n) is 5.91. The number of aliphatic hydroxyl groups is 1. The van der Waals surface area contributed by atoms with Gasteiger partial charge in [0.1, 0.15) is 0 Å². The van der Waals surface area contributed by atoms with Crippen molar-refractivity contribution in [2.24, 2.45) is 0 Å². The third-order valence-corrected chi connectivity index (χ3v) is 4.04. The number of hydrogen-bond donors (Lipinski definition) is 2. The van der Waals surface area contributed by atoms with Crippen molar-refractivity contribution in [2.45, 2.75) is 24.4 Å². The van der Waals surface area contributed by atoms with E-state index in [0.29, 0.717) is 0 Å². The second-order valence-corrected chi connectivity index (χ2v) is 5.37. The topological polar surface area (TPSA) is 49.3 Å². The van der Waals surface area contributed by atoms with Gasteiger partial charge in [0.25, 0.3) is 5.91 Å². The van der Waals surface area contributed by atoms with Gasteiger partial charge in [-0.3, -0.25) is 4.79 Å². The molecule has 20 heavy (non-hydrogen) atoms. The molecule has 1 amide bonds. The van der Waals surface area contributed by atoms with E-state index in [2.05, 4.69) is 5.32 Å². The number of carbonyl (C=O) groups excluding carboxylic acids is 1.